The van der Waals surface area contributed by atoms with Crippen molar-refractivity contribution < 1.29 is 4.79 Å². The lowest BCUT2D eigenvalue weighted by atomic mass is 10.0. The molecule has 1 N–H and O–H groups in total. The summed E-state index contributed by atoms with van der Waals surface area (Å²) in [6.45, 7) is 5.15. The van der Waals surface area contributed by atoms with E-state index in [1.54, 1.807) is 0 Å². The second-order valence-corrected chi connectivity index (χ2v) is 5.99. The molecule has 0 bridgehead atoms. The first-order chi connectivity index (χ1) is 11.2. The lowest BCUT2D eigenvalue weighted by molar-refractivity contribution is -0.121. The summed E-state index contributed by atoms with van der Waals surface area (Å²) in [5, 5.41) is 3.07. The van der Waals surface area contributed by atoms with E-state index in [2.05, 4.69) is 34.3 Å². The number of nitrogens with zero attached hydrogens (tertiary/aromatic N) is 3. The Balaban J connectivity index is 1.76. The van der Waals surface area contributed by atoms with Gasteiger partial charge in [0.1, 0.15) is 0 Å². The van der Waals surface area contributed by atoms with Crippen molar-refractivity contribution in [1.29, 1.82) is 0 Å². The molecule has 1 saturated heterocycles. The highest BCUT2D eigenvalue weighted by molar-refractivity contribution is 5.82. The Labute approximate surface area is 136 Å². The smallest absolute Gasteiger partial charge is 0.239 e. The van der Waals surface area contributed by atoms with Gasteiger partial charge in [0, 0.05) is 18.4 Å². The van der Waals surface area contributed by atoms with Crippen molar-refractivity contribution in [3.8, 4) is 0 Å². The first-order valence-corrected chi connectivity index (χ1v) is 8.06. The van der Waals surface area contributed by atoms with Crippen LogP contribution in [0, 0.1) is 6.92 Å². The molecule has 0 radical (unpaired) electrons. The van der Waals surface area contributed by atoms with Gasteiger partial charge >= 0.3 is 0 Å². The summed E-state index contributed by atoms with van der Waals surface area (Å²) in [5.74, 6) is 0.680. The van der Waals surface area contributed by atoms with Crippen LogP contribution in [0.5, 0.6) is 0 Å². The fraction of sp³-hybridized carbons (Fsp3) is 0.389. The van der Waals surface area contributed by atoms with Crippen molar-refractivity contribution in [2.24, 2.45) is 0 Å². The minimum Gasteiger partial charge on any atom is -0.350 e. The predicted octanol–water partition coefficient (Wildman–Crippen LogP) is 1.89. The van der Waals surface area contributed by atoms with Crippen molar-refractivity contribution in [1.82, 2.24) is 15.3 Å². The number of benzene rings is 1. The molecule has 0 saturated carbocycles. The summed E-state index contributed by atoms with van der Waals surface area (Å²) in [6.07, 6.45) is 3.53. The number of carbonyl (C=O) groups excluding carboxylic acids is 1. The number of aryl methyl sites for hydroxylation is 2. The predicted molar refractivity (Wildman–Crippen MR) is 90.4 cm³/mol. The maximum Gasteiger partial charge on any atom is 0.239 e. The molecular formula is C18H22N4O. The van der Waals surface area contributed by atoms with E-state index in [1.807, 2.05) is 36.2 Å². The Hall–Kier alpha value is -2.43. The zero-order valence-electron chi connectivity index (χ0n) is 13.6. The molecule has 1 aliphatic rings. The van der Waals surface area contributed by atoms with Crippen molar-refractivity contribution in [3.05, 3.63) is 53.3 Å². The normalized spacial score (nSPS) is 17.9. The molecule has 2 aromatic rings. The van der Waals surface area contributed by atoms with Gasteiger partial charge in [0.2, 0.25) is 11.9 Å². The molecule has 5 nitrogen and oxygen atoms in total. The molecule has 1 aliphatic heterocycles. The summed E-state index contributed by atoms with van der Waals surface area (Å²) in [6, 6.07) is 10.3. The Kier molecular flexibility index (Phi) is 4.55. The van der Waals surface area contributed by atoms with Gasteiger partial charge < -0.3 is 10.2 Å². The lowest BCUT2D eigenvalue weighted by Gasteiger charge is -2.33. The summed E-state index contributed by atoms with van der Waals surface area (Å²) >= 11 is 0. The van der Waals surface area contributed by atoms with Gasteiger partial charge in [0.15, 0.2) is 0 Å². The van der Waals surface area contributed by atoms with E-state index >= 15 is 0 Å². The number of anilines is 1. The average Bonchev–Trinajstić information content (AvgIpc) is 2.55. The van der Waals surface area contributed by atoms with E-state index in [-0.39, 0.29) is 11.9 Å². The van der Waals surface area contributed by atoms with Crippen molar-refractivity contribution in [2.75, 3.05) is 18.0 Å². The second kappa shape index (κ2) is 6.77. The van der Waals surface area contributed by atoms with Crippen LogP contribution in [-0.4, -0.2) is 35.0 Å². The highest BCUT2D eigenvalue weighted by Gasteiger charge is 2.26. The molecular weight excluding hydrogens is 288 g/mol. The number of piperazine rings is 1. The quantitative estimate of drug-likeness (QED) is 0.937. The Bertz CT molecular complexity index is 687. The van der Waals surface area contributed by atoms with E-state index in [0.717, 1.165) is 30.6 Å². The Morgan fingerprint density at radius 3 is 2.83 bits per heavy atom. The number of nitrogens with one attached hydrogen (secondary N) is 1. The van der Waals surface area contributed by atoms with Gasteiger partial charge in [0.05, 0.1) is 12.6 Å². The summed E-state index contributed by atoms with van der Waals surface area (Å²) in [4.78, 5) is 23.1. The van der Waals surface area contributed by atoms with Crippen LogP contribution < -0.4 is 10.2 Å². The van der Waals surface area contributed by atoms with Gasteiger partial charge in [-0.05, 0) is 30.9 Å². The third kappa shape index (κ3) is 3.67. The number of amides is 1. The average molecular weight is 310 g/mol. The summed E-state index contributed by atoms with van der Waals surface area (Å²) in [5.41, 5.74) is 3.36. The molecule has 1 fully saturated rings. The van der Waals surface area contributed by atoms with Crippen molar-refractivity contribution in [2.45, 2.75) is 32.7 Å². The van der Waals surface area contributed by atoms with Crippen LogP contribution in [0.1, 0.15) is 23.7 Å². The molecule has 3 rings (SSSR count). The van der Waals surface area contributed by atoms with Crippen LogP contribution in [0.15, 0.2) is 36.5 Å². The van der Waals surface area contributed by atoms with Crippen LogP contribution in [0.4, 0.5) is 5.95 Å². The molecule has 120 valence electrons. The lowest BCUT2D eigenvalue weighted by Crippen LogP contribution is -2.55. The van der Waals surface area contributed by atoms with Crippen molar-refractivity contribution in [3.63, 3.8) is 0 Å². The largest absolute Gasteiger partial charge is 0.350 e. The van der Waals surface area contributed by atoms with E-state index in [0.29, 0.717) is 12.5 Å². The van der Waals surface area contributed by atoms with Crippen LogP contribution >= 0.6 is 0 Å². The topological polar surface area (TPSA) is 58.1 Å². The zero-order valence-corrected chi connectivity index (χ0v) is 13.6. The van der Waals surface area contributed by atoms with Gasteiger partial charge in [-0.2, -0.15) is 0 Å². The van der Waals surface area contributed by atoms with Gasteiger partial charge in [-0.1, -0.05) is 37.3 Å². The van der Waals surface area contributed by atoms with Crippen molar-refractivity contribution >= 4 is 11.9 Å². The number of rotatable bonds is 4. The molecule has 0 spiro atoms. The third-order valence-electron chi connectivity index (χ3n) is 4.15. The van der Waals surface area contributed by atoms with E-state index < -0.39 is 0 Å². The Morgan fingerprint density at radius 1 is 1.30 bits per heavy atom. The molecule has 1 amide bonds. The summed E-state index contributed by atoms with van der Waals surface area (Å²) in [7, 11) is 0. The van der Waals surface area contributed by atoms with Crippen LogP contribution in [0.25, 0.3) is 0 Å². The molecule has 2 heterocycles. The standard InChI is InChI=1S/C18H22N4O/c1-3-16-13(2)10-19-18(21-16)22-11-15(20-17(23)12-22)9-14-7-5-4-6-8-14/h4-8,10,15H,3,9,11-12H2,1-2H3,(H,20,23)/t15-/m0/s1. The SMILES string of the molecule is CCc1nc(N2CC(=O)N[C@@H](Cc3ccccc3)C2)ncc1C. The fourth-order valence-electron chi connectivity index (χ4n) is 2.97. The van der Waals surface area contributed by atoms with Gasteiger partial charge in [0.25, 0.3) is 0 Å². The first kappa shape index (κ1) is 15.5. The number of hydrogen-bond acceptors (Lipinski definition) is 4. The summed E-state index contributed by atoms with van der Waals surface area (Å²) < 4.78 is 0. The molecule has 1 atom stereocenters. The number of carbonyl (C=O) groups is 1. The molecule has 0 aliphatic carbocycles. The number of hydrogen-bond donors (Lipinski definition) is 1. The molecule has 0 unspecified atom stereocenters. The van der Waals surface area contributed by atoms with Crippen LogP contribution in [-0.2, 0) is 17.6 Å². The number of aromatic nitrogens is 2. The molecule has 23 heavy (non-hydrogen) atoms. The first-order valence-electron chi connectivity index (χ1n) is 8.06. The monoisotopic (exact) mass is 310 g/mol. The maximum atomic E-state index is 12.1. The zero-order chi connectivity index (χ0) is 16.2. The van der Waals surface area contributed by atoms with Crippen LogP contribution in [0.3, 0.4) is 0 Å². The molecule has 1 aromatic heterocycles. The minimum absolute atomic E-state index is 0.0272. The van der Waals surface area contributed by atoms with E-state index in [1.165, 1.54) is 5.56 Å². The highest BCUT2D eigenvalue weighted by Crippen LogP contribution is 2.15. The Morgan fingerprint density at radius 2 is 2.09 bits per heavy atom. The molecule has 5 heteroatoms. The highest BCUT2D eigenvalue weighted by atomic mass is 16.2. The minimum atomic E-state index is 0.0272. The fourth-order valence-corrected chi connectivity index (χ4v) is 2.97. The van der Waals surface area contributed by atoms with Gasteiger partial charge in [-0.15, -0.1) is 0 Å². The van der Waals surface area contributed by atoms with Gasteiger partial charge in [-0.25, -0.2) is 9.97 Å². The third-order valence-corrected chi connectivity index (χ3v) is 4.15. The van der Waals surface area contributed by atoms with E-state index in [4.69, 9.17) is 0 Å². The maximum absolute atomic E-state index is 12.1. The van der Waals surface area contributed by atoms with E-state index in [9.17, 15) is 4.79 Å². The molecule has 1 aromatic carbocycles. The van der Waals surface area contributed by atoms with Crippen LogP contribution in [0.2, 0.25) is 0 Å². The van der Waals surface area contributed by atoms with Gasteiger partial charge in [-0.3, -0.25) is 4.79 Å². The second-order valence-electron chi connectivity index (χ2n) is 5.99.